The van der Waals surface area contributed by atoms with E-state index >= 15 is 0 Å². The summed E-state index contributed by atoms with van der Waals surface area (Å²) in [5.74, 6) is 0.359. The van der Waals surface area contributed by atoms with Crippen molar-refractivity contribution in [2.45, 2.75) is 32.5 Å². The number of nitrogens with one attached hydrogen (secondary N) is 1. The monoisotopic (exact) mass is 375 g/mol. The zero-order valence-electron chi connectivity index (χ0n) is 14.9. The molecule has 2 aliphatic rings. The van der Waals surface area contributed by atoms with Crippen LogP contribution in [0.1, 0.15) is 37.3 Å². The first-order valence-electron chi connectivity index (χ1n) is 8.78. The number of amides is 1. The van der Waals surface area contributed by atoms with Crippen LogP contribution in [0.25, 0.3) is 0 Å². The predicted octanol–water partition coefficient (Wildman–Crippen LogP) is 4.52. The van der Waals surface area contributed by atoms with Gasteiger partial charge in [-0.05, 0) is 23.6 Å². The molecule has 27 heavy (non-hydrogen) atoms. The summed E-state index contributed by atoms with van der Waals surface area (Å²) >= 11 is 0. The molecule has 0 saturated heterocycles. The molecule has 0 fully saturated rings. The van der Waals surface area contributed by atoms with Gasteiger partial charge in [0, 0.05) is 29.7 Å². The minimum Gasteiger partial charge on any atom is -0.493 e. The molecule has 0 saturated carbocycles. The zero-order valence-corrected chi connectivity index (χ0v) is 14.9. The summed E-state index contributed by atoms with van der Waals surface area (Å²) in [6.45, 7) is 4.63. The lowest BCUT2D eigenvalue weighted by Gasteiger charge is -2.27. The van der Waals surface area contributed by atoms with Crippen LogP contribution < -0.4 is 19.5 Å². The number of alkyl halides is 2. The summed E-state index contributed by atoms with van der Waals surface area (Å²) < 4.78 is 41.8. The van der Waals surface area contributed by atoms with Crippen LogP contribution in [0.5, 0.6) is 17.2 Å². The molecule has 2 aromatic carbocycles. The summed E-state index contributed by atoms with van der Waals surface area (Å²) in [5, 5.41) is 2.73. The fourth-order valence-corrected chi connectivity index (χ4v) is 3.34. The van der Waals surface area contributed by atoms with Crippen LogP contribution in [0.4, 0.5) is 14.5 Å². The van der Waals surface area contributed by atoms with Crippen LogP contribution in [0.15, 0.2) is 36.4 Å². The first kappa shape index (κ1) is 17.6. The number of halogens is 2. The second-order valence-electron chi connectivity index (χ2n) is 7.10. The van der Waals surface area contributed by atoms with Gasteiger partial charge in [-0.1, -0.05) is 32.0 Å². The molecule has 2 heterocycles. The second kappa shape index (κ2) is 6.40. The van der Waals surface area contributed by atoms with E-state index in [1.165, 1.54) is 12.1 Å². The van der Waals surface area contributed by atoms with Gasteiger partial charge in [0.1, 0.15) is 5.75 Å². The van der Waals surface area contributed by atoms with Crippen molar-refractivity contribution < 1.29 is 27.8 Å². The van der Waals surface area contributed by atoms with E-state index in [0.717, 1.165) is 5.56 Å². The maximum absolute atomic E-state index is 13.4. The molecule has 1 amide bonds. The number of hydrogen-bond donors (Lipinski definition) is 1. The average Bonchev–Trinajstić information content (AvgIpc) is 2.90. The first-order valence-corrected chi connectivity index (χ1v) is 8.78. The lowest BCUT2D eigenvalue weighted by molar-refractivity contribution is -0.286. The minimum atomic E-state index is -3.70. The van der Waals surface area contributed by atoms with Crippen molar-refractivity contribution >= 4 is 11.6 Å². The SMILES string of the molecule is CC(C)COc1ccccc1C1CC(=O)Nc2cc3c(cc21)OC(F)(F)O3. The van der Waals surface area contributed by atoms with Crippen molar-refractivity contribution in [3.05, 3.63) is 47.5 Å². The van der Waals surface area contributed by atoms with E-state index in [0.29, 0.717) is 29.5 Å². The maximum Gasteiger partial charge on any atom is 0.586 e. The molecule has 0 spiro atoms. The smallest absolute Gasteiger partial charge is 0.493 e. The fraction of sp³-hybridized carbons (Fsp3) is 0.350. The topological polar surface area (TPSA) is 56.8 Å². The molecule has 0 aliphatic carbocycles. The molecular weight excluding hydrogens is 356 g/mol. The van der Waals surface area contributed by atoms with E-state index in [4.69, 9.17) is 4.74 Å². The summed E-state index contributed by atoms with van der Waals surface area (Å²) in [6, 6.07) is 10.4. The van der Waals surface area contributed by atoms with E-state index in [9.17, 15) is 13.6 Å². The zero-order chi connectivity index (χ0) is 19.2. The number of hydrogen-bond acceptors (Lipinski definition) is 4. The Morgan fingerprint density at radius 2 is 1.89 bits per heavy atom. The Hall–Kier alpha value is -2.83. The molecule has 1 atom stereocenters. The van der Waals surface area contributed by atoms with Crippen LogP contribution in [0, 0.1) is 5.92 Å². The average molecular weight is 375 g/mol. The standard InChI is InChI=1S/C20H19F2NO4/c1-11(2)10-25-16-6-4-3-5-12(16)13-8-19(24)23-15-9-18-17(7-14(13)15)26-20(21,22)27-18/h3-7,9,11,13H,8,10H2,1-2H3,(H,23,24). The number of benzene rings is 2. The normalized spacial score (nSPS) is 19.6. The van der Waals surface area contributed by atoms with Gasteiger partial charge in [0.15, 0.2) is 11.5 Å². The van der Waals surface area contributed by atoms with Gasteiger partial charge in [-0.3, -0.25) is 4.79 Å². The highest BCUT2D eigenvalue weighted by Crippen LogP contribution is 2.49. The maximum atomic E-state index is 13.4. The highest BCUT2D eigenvalue weighted by Gasteiger charge is 2.44. The van der Waals surface area contributed by atoms with E-state index in [-0.39, 0.29) is 29.7 Å². The van der Waals surface area contributed by atoms with Gasteiger partial charge in [-0.15, -0.1) is 8.78 Å². The van der Waals surface area contributed by atoms with Crippen LogP contribution >= 0.6 is 0 Å². The Morgan fingerprint density at radius 1 is 1.19 bits per heavy atom. The summed E-state index contributed by atoms with van der Waals surface area (Å²) in [4.78, 5) is 12.2. The predicted molar refractivity (Wildman–Crippen MR) is 94.5 cm³/mol. The number of fused-ring (bicyclic) bond motifs is 2. The van der Waals surface area contributed by atoms with Crippen molar-refractivity contribution in [1.29, 1.82) is 0 Å². The molecule has 142 valence electrons. The molecular formula is C20H19F2NO4. The van der Waals surface area contributed by atoms with Gasteiger partial charge in [0.05, 0.1) is 6.61 Å². The van der Waals surface area contributed by atoms with Gasteiger partial charge in [0.2, 0.25) is 5.91 Å². The molecule has 1 unspecified atom stereocenters. The van der Waals surface area contributed by atoms with Crippen LogP contribution in [-0.2, 0) is 4.79 Å². The molecule has 0 bridgehead atoms. The van der Waals surface area contributed by atoms with Crippen molar-refractivity contribution in [3.63, 3.8) is 0 Å². The molecule has 2 aliphatic heterocycles. The van der Waals surface area contributed by atoms with Gasteiger partial charge in [0.25, 0.3) is 0 Å². The Labute approximate surface area is 155 Å². The van der Waals surface area contributed by atoms with Crippen molar-refractivity contribution in [2.24, 2.45) is 5.92 Å². The Kier molecular flexibility index (Phi) is 4.17. The van der Waals surface area contributed by atoms with Crippen LogP contribution in [-0.4, -0.2) is 18.8 Å². The summed E-state index contributed by atoms with van der Waals surface area (Å²) in [7, 11) is 0. The van der Waals surface area contributed by atoms with Crippen molar-refractivity contribution in [1.82, 2.24) is 0 Å². The molecule has 1 N–H and O–H groups in total. The summed E-state index contributed by atoms with van der Waals surface area (Å²) in [5.41, 5.74) is 1.96. The van der Waals surface area contributed by atoms with Gasteiger partial charge in [-0.25, -0.2) is 0 Å². The molecule has 0 radical (unpaired) electrons. The van der Waals surface area contributed by atoms with Gasteiger partial charge < -0.3 is 19.5 Å². The minimum absolute atomic E-state index is 0.0412. The number of carbonyl (C=O) groups excluding carboxylic acids is 1. The number of ether oxygens (including phenoxy) is 3. The Morgan fingerprint density at radius 3 is 2.63 bits per heavy atom. The van der Waals surface area contributed by atoms with E-state index in [2.05, 4.69) is 14.8 Å². The molecule has 7 heteroatoms. The third kappa shape index (κ3) is 3.41. The van der Waals surface area contributed by atoms with Crippen molar-refractivity contribution in [3.8, 4) is 17.2 Å². The number of anilines is 1. The number of carbonyl (C=O) groups is 1. The largest absolute Gasteiger partial charge is 0.586 e. The van der Waals surface area contributed by atoms with Gasteiger partial charge in [-0.2, -0.15) is 0 Å². The third-order valence-electron chi connectivity index (χ3n) is 4.48. The van der Waals surface area contributed by atoms with E-state index in [1.807, 2.05) is 38.1 Å². The third-order valence-corrected chi connectivity index (χ3v) is 4.48. The Balaban J connectivity index is 1.76. The van der Waals surface area contributed by atoms with E-state index < -0.39 is 6.29 Å². The molecule has 5 nitrogen and oxygen atoms in total. The fourth-order valence-electron chi connectivity index (χ4n) is 3.34. The number of para-hydroxylation sites is 1. The summed E-state index contributed by atoms with van der Waals surface area (Å²) in [6.07, 6.45) is -3.52. The first-order chi connectivity index (χ1) is 12.8. The Bertz CT molecular complexity index is 898. The van der Waals surface area contributed by atoms with Crippen LogP contribution in [0.3, 0.4) is 0 Å². The van der Waals surface area contributed by atoms with Gasteiger partial charge >= 0.3 is 6.29 Å². The molecule has 4 rings (SSSR count). The lowest BCUT2D eigenvalue weighted by Crippen LogP contribution is -2.25. The highest BCUT2D eigenvalue weighted by atomic mass is 19.3. The second-order valence-corrected chi connectivity index (χ2v) is 7.10. The number of rotatable bonds is 4. The van der Waals surface area contributed by atoms with Crippen LogP contribution in [0.2, 0.25) is 0 Å². The molecule has 0 aromatic heterocycles. The van der Waals surface area contributed by atoms with Crippen molar-refractivity contribution in [2.75, 3.05) is 11.9 Å². The lowest BCUT2D eigenvalue weighted by atomic mass is 9.84. The van der Waals surface area contributed by atoms with E-state index in [1.54, 1.807) is 0 Å². The quantitative estimate of drug-likeness (QED) is 0.854. The molecule has 2 aromatic rings. The highest BCUT2D eigenvalue weighted by molar-refractivity contribution is 5.96.